The predicted molar refractivity (Wildman–Crippen MR) is 76.4 cm³/mol. The lowest BCUT2D eigenvalue weighted by Gasteiger charge is -2.08. The first-order chi connectivity index (χ1) is 9.17. The molecule has 0 aliphatic carbocycles. The molecule has 1 rings (SSSR count). The molecule has 104 valence electrons. The van der Waals surface area contributed by atoms with E-state index in [4.69, 9.17) is 0 Å². The lowest BCUT2D eigenvalue weighted by atomic mass is 10.2. The van der Waals surface area contributed by atoms with Crippen molar-refractivity contribution in [1.29, 1.82) is 0 Å². The van der Waals surface area contributed by atoms with Gasteiger partial charge in [0.1, 0.15) is 0 Å². The fourth-order valence-electron chi connectivity index (χ4n) is 1.46. The molecular weight excluding hydrogens is 242 g/mol. The highest BCUT2D eigenvalue weighted by Crippen LogP contribution is 2.09. The fraction of sp³-hybridized carbons (Fsp3) is 0.429. The minimum atomic E-state index is -0.231. The third kappa shape index (κ3) is 5.42. The van der Waals surface area contributed by atoms with E-state index < -0.39 is 0 Å². The molecule has 3 N–H and O–H groups in total. The topological polar surface area (TPSA) is 70.2 Å². The molecule has 19 heavy (non-hydrogen) atoms. The van der Waals surface area contributed by atoms with Gasteiger partial charge in [0.15, 0.2) is 0 Å². The predicted octanol–water partition coefficient (Wildman–Crippen LogP) is 2.36. The molecule has 0 aliphatic rings. The molecule has 5 heteroatoms. The first-order valence-corrected chi connectivity index (χ1v) is 6.60. The van der Waals surface area contributed by atoms with Crippen LogP contribution in [0.3, 0.4) is 0 Å². The largest absolute Gasteiger partial charge is 0.352 e. The van der Waals surface area contributed by atoms with Crippen LogP contribution in [0.5, 0.6) is 0 Å². The summed E-state index contributed by atoms with van der Waals surface area (Å²) >= 11 is 0. The van der Waals surface area contributed by atoms with E-state index in [-0.39, 0.29) is 11.9 Å². The van der Waals surface area contributed by atoms with Gasteiger partial charge in [-0.1, -0.05) is 13.8 Å². The first-order valence-electron chi connectivity index (χ1n) is 6.60. The van der Waals surface area contributed by atoms with Gasteiger partial charge in [0.2, 0.25) is 0 Å². The number of nitrogens with one attached hydrogen (secondary N) is 3. The van der Waals surface area contributed by atoms with Gasteiger partial charge in [0.25, 0.3) is 5.91 Å². The molecule has 0 unspecified atom stereocenters. The molecule has 0 bridgehead atoms. The molecule has 0 radical (unpaired) electrons. The Kier molecular flexibility index (Phi) is 6.43. The van der Waals surface area contributed by atoms with Gasteiger partial charge in [0, 0.05) is 24.3 Å². The van der Waals surface area contributed by atoms with Crippen LogP contribution in [-0.2, 0) is 0 Å². The average Bonchev–Trinajstić information content (AvgIpc) is 2.43. The molecule has 0 saturated heterocycles. The lowest BCUT2D eigenvalue weighted by Crippen LogP contribution is -2.29. The Hall–Kier alpha value is -2.04. The Morgan fingerprint density at radius 1 is 0.947 bits per heavy atom. The van der Waals surface area contributed by atoms with Crippen molar-refractivity contribution in [3.63, 3.8) is 0 Å². The summed E-state index contributed by atoms with van der Waals surface area (Å²) in [6.07, 6.45) is 1.80. The molecule has 0 spiro atoms. The standard InChI is InChI=1S/C14H21N3O2/c1-3-9-15-13(18)11-5-7-12(8-6-11)17-14(19)16-10-4-2/h5-8H,3-4,9-10H2,1-2H3,(H,15,18)(H2,16,17,19). The van der Waals surface area contributed by atoms with Gasteiger partial charge < -0.3 is 16.0 Å². The molecular formula is C14H21N3O2. The van der Waals surface area contributed by atoms with Crippen LogP contribution in [0.4, 0.5) is 10.5 Å². The Morgan fingerprint density at radius 2 is 1.53 bits per heavy atom. The van der Waals surface area contributed by atoms with Crippen LogP contribution in [0, 0.1) is 0 Å². The molecule has 1 aromatic carbocycles. The van der Waals surface area contributed by atoms with Crippen LogP contribution in [-0.4, -0.2) is 25.0 Å². The summed E-state index contributed by atoms with van der Waals surface area (Å²) in [6.45, 7) is 5.30. The van der Waals surface area contributed by atoms with Crippen LogP contribution in [0.2, 0.25) is 0 Å². The summed E-state index contributed by atoms with van der Waals surface area (Å²) in [6, 6.07) is 6.59. The van der Waals surface area contributed by atoms with Crippen molar-refractivity contribution >= 4 is 17.6 Å². The smallest absolute Gasteiger partial charge is 0.319 e. The fourth-order valence-corrected chi connectivity index (χ4v) is 1.46. The summed E-state index contributed by atoms with van der Waals surface area (Å²) in [5.41, 5.74) is 1.26. The van der Waals surface area contributed by atoms with Crippen molar-refractivity contribution in [2.45, 2.75) is 26.7 Å². The van der Waals surface area contributed by atoms with Gasteiger partial charge in [-0.3, -0.25) is 4.79 Å². The van der Waals surface area contributed by atoms with E-state index in [9.17, 15) is 9.59 Å². The van der Waals surface area contributed by atoms with Crippen LogP contribution >= 0.6 is 0 Å². The Balaban J connectivity index is 2.51. The molecule has 3 amide bonds. The van der Waals surface area contributed by atoms with Gasteiger partial charge in [-0.05, 0) is 37.1 Å². The van der Waals surface area contributed by atoms with Crippen molar-refractivity contribution in [3.05, 3.63) is 29.8 Å². The zero-order valence-electron chi connectivity index (χ0n) is 11.5. The summed E-state index contributed by atoms with van der Waals surface area (Å²) in [7, 11) is 0. The zero-order valence-corrected chi connectivity index (χ0v) is 11.5. The van der Waals surface area contributed by atoms with Crippen molar-refractivity contribution in [1.82, 2.24) is 10.6 Å². The third-order valence-electron chi connectivity index (χ3n) is 2.48. The second-order valence-corrected chi connectivity index (χ2v) is 4.21. The number of anilines is 1. The summed E-state index contributed by atoms with van der Waals surface area (Å²) < 4.78 is 0. The van der Waals surface area contributed by atoms with Gasteiger partial charge >= 0.3 is 6.03 Å². The van der Waals surface area contributed by atoms with E-state index in [0.29, 0.717) is 24.3 Å². The molecule has 5 nitrogen and oxygen atoms in total. The first kappa shape index (κ1) is 15.0. The number of carbonyl (C=O) groups excluding carboxylic acids is 2. The third-order valence-corrected chi connectivity index (χ3v) is 2.48. The van der Waals surface area contributed by atoms with Crippen molar-refractivity contribution in [2.75, 3.05) is 18.4 Å². The number of hydrogen-bond acceptors (Lipinski definition) is 2. The zero-order chi connectivity index (χ0) is 14.1. The monoisotopic (exact) mass is 263 g/mol. The second kappa shape index (κ2) is 8.13. The van der Waals surface area contributed by atoms with Crippen LogP contribution in [0.15, 0.2) is 24.3 Å². The van der Waals surface area contributed by atoms with E-state index in [1.165, 1.54) is 0 Å². The maximum absolute atomic E-state index is 11.7. The van der Waals surface area contributed by atoms with Crippen LogP contribution in [0.25, 0.3) is 0 Å². The van der Waals surface area contributed by atoms with E-state index in [1.807, 2.05) is 13.8 Å². The highest BCUT2D eigenvalue weighted by molar-refractivity contribution is 5.95. The average molecular weight is 263 g/mol. The maximum atomic E-state index is 11.7. The molecule has 0 aliphatic heterocycles. The van der Waals surface area contributed by atoms with E-state index in [0.717, 1.165) is 12.8 Å². The highest BCUT2D eigenvalue weighted by atomic mass is 16.2. The van der Waals surface area contributed by atoms with Crippen LogP contribution < -0.4 is 16.0 Å². The number of rotatable bonds is 6. The van der Waals surface area contributed by atoms with E-state index in [1.54, 1.807) is 24.3 Å². The number of carbonyl (C=O) groups is 2. The Labute approximate surface area is 113 Å². The highest BCUT2D eigenvalue weighted by Gasteiger charge is 2.05. The summed E-state index contributed by atoms with van der Waals surface area (Å²) in [4.78, 5) is 23.1. The molecule has 0 atom stereocenters. The van der Waals surface area contributed by atoms with E-state index >= 15 is 0 Å². The SMILES string of the molecule is CCCNC(=O)Nc1ccc(C(=O)NCCC)cc1. The lowest BCUT2D eigenvalue weighted by molar-refractivity contribution is 0.0953. The van der Waals surface area contributed by atoms with Gasteiger partial charge in [0.05, 0.1) is 0 Å². The molecule has 0 aromatic heterocycles. The van der Waals surface area contributed by atoms with Gasteiger partial charge in [-0.2, -0.15) is 0 Å². The number of benzene rings is 1. The number of hydrogen-bond donors (Lipinski definition) is 3. The molecule has 1 aromatic rings. The van der Waals surface area contributed by atoms with Crippen molar-refractivity contribution in [3.8, 4) is 0 Å². The molecule has 0 saturated carbocycles. The number of urea groups is 1. The quantitative estimate of drug-likeness (QED) is 0.737. The van der Waals surface area contributed by atoms with Crippen LogP contribution in [0.1, 0.15) is 37.0 Å². The normalized spacial score (nSPS) is 9.79. The maximum Gasteiger partial charge on any atom is 0.319 e. The summed E-state index contributed by atoms with van der Waals surface area (Å²) in [5, 5.41) is 8.22. The molecule has 0 fully saturated rings. The number of amides is 3. The Morgan fingerprint density at radius 3 is 2.11 bits per heavy atom. The minimum absolute atomic E-state index is 0.0937. The van der Waals surface area contributed by atoms with Gasteiger partial charge in [-0.15, -0.1) is 0 Å². The van der Waals surface area contributed by atoms with Crippen molar-refractivity contribution in [2.24, 2.45) is 0 Å². The van der Waals surface area contributed by atoms with E-state index in [2.05, 4.69) is 16.0 Å². The summed E-state index contributed by atoms with van der Waals surface area (Å²) in [5.74, 6) is -0.0937. The van der Waals surface area contributed by atoms with Crippen molar-refractivity contribution < 1.29 is 9.59 Å². The van der Waals surface area contributed by atoms with Gasteiger partial charge in [-0.25, -0.2) is 4.79 Å². The Bertz CT molecular complexity index is 415. The second-order valence-electron chi connectivity index (χ2n) is 4.21. The molecule has 0 heterocycles. The minimum Gasteiger partial charge on any atom is -0.352 e.